The van der Waals surface area contributed by atoms with Crippen LogP contribution in [0.2, 0.25) is 0 Å². The van der Waals surface area contributed by atoms with E-state index in [2.05, 4.69) is 0 Å². The lowest BCUT2D eigenvalue weighted by molar-refractivity contribution is -0.130. The molecule has 1 rings (SSSR count). The van der Waals surface area contributed by atoms with Gasteiger partial charge < -0.3 is 15.4 Å². The van der Waals surface area contributed by atoms with E-state index in [4.69, 9.17) is 10.5 Å². The average Bonchev–Trinajstić information content (AvgIpc) is 2.47. The molecule has 0 saturated heterocycles. The van der Waals surface area contributed by atoms with Crippen molar-refractivity contribution in [1.29, 1.82) is 0 Å². The Morgan fingerprint density at radius 1 is 1.19 bits per heavy atom. The summed E-state index contributed by atoms with van der Waals surface area (Å²) < 4.78 is 5.30. The molecule has 0 fully saturated rings. The van der Waals surface area contributed by atoms with Crippen molar-refractivity contribution in [2.45, 2.75) is 38.6 Å². The van der Waals surface area contributed by atoms with Gasteiger partial charge in [0.1, 0.15) is 5.75 Å². The zero-order valence-corrected chi connectivity index (χ0v) is 13.8. The number of hydrogen-bond acceptors (Lipinski definition) is 3. The molecule has 0 spiro atoms. The van der Waals surface area contributed by atoms with Gasteiger partial charge in [-0.25, -0.2) is 0 Å². The first-order valence-corrected chi connectivity index (χ1v) is 7.25. The summed E-state index contributed by atoms with van der Waals surface area (Å²) in [6, 6.07) is 7.80. The van der Waals surface area contributed by atoms with Gasteiger partial charge in [-0.15, -0.1) is 12.4 Å². The van der Waals surface area contributed by atoms with Crippen LogP contribution in [0.15, 0.2) is 24.3 Å². The molecule has 1 aromatic carbocycles. The number of benzene rings is 1. The highest BCUT2D eigenvalue weighted by Gasteiger charge is 2.11. The van der Waals surface area contributed by atoms with Crippen LogP contribution >= 0.6 is 12.4 Å². The van der Waals surface area contributed by atoms with Crippen molar-refractivity contribution in [2.24, 2.45) is 5.73 Å². The Labute approximate surface area is 134 Å². The third-order valence-electron chi connectivity index (χ3n) is 3.37. The van der Waals surface area contributed by atoms with E-state index in [0.29, 0.717) is 13.0 Å². The number of carbonyl (C=O) groups excluding carboxylic acids is 1. The van der Waals surface area contributed by atoms with E-state index >= 15 is 0 Å². The first-order valence-electron chi connectivity index (χ1n) is 7.25. The van der Waals surface area contributed by atoms with Gasteiger partial charge in [0.2, 0.25) is 5.91 Å². The average molecular weight is 315 g/mol. The lowest BCUT2D eigenvalue weighted by Crippen LogP contribution is -2.26. The molecule has 2 N–H and O–H groups in total. The SMILES string of the molecule is COc1ccccc1CN(C)C(=O)CCCCCCN.Cl. The van der Waals surface area contributed by atoms with Crippen molar-refractivity contribution in [2.75, 3.05) is 20.7 Å². The van der Waals surface area contributed by atoms with E-state index in [-0.39, 0.29) is 18.3 Å². The number of carbonyl (C=O) groups is 1. The topological polar surface area (TPSA) is 55.6 Å². The van der Waals surface area contributed by atoms with Crippen molar-refractivity contribution >= 4 is 18.3 Å². The third-order valence-corrected chi connectivity index (χ3v) is 3.37. The second-order valence-corrected chi connectivity index (χ2v) is 5.01. The maximum atomic E-state index is 12.0. The molecule has 0 atom stereocenters. The van der Waals surface area contributed by atoms with Gasteiger partial charge in [0.15, 0.2) is 0 Å². The molecule has 0 heterocycles. The fourth-order valence-corrected chi connectivity index (χ4v) is 2.14. The van der Waals surface area contributed by atoms with E-state index in [1.165, 1.54) is 0 Å². The van der Waals surface area contributed by atoms with Crippen molar-refractivity contribution in [1.82, 2.24) is 4.90 Å². The Morgan fingerprint density at radius 3 is 2.52 bits per heavy atom. The molecule has 1 aromatic rings. The van der Waals surface area contributed by atoms with Gasteiger partial charge in [0.25, 0.3) is 0 Å². The number of nitrogens with two attached hydrogens (primary N) is 1. The van der Waals surface area contributed by atoms with Gasteiger partial charge in [-0.05, 0) is 25.5 Å². The molecule has 1 amide bonds. The van der Waals surface area contributed by atoms with Crippen molar-refractivity contribution in [3.05, 3.63) is 29.8 Å². The zero-order valence-electron chi connectivity index (χ0n) is 13.0. The quantitative estimate of drug-likeness (QED) is 0.713. The molecule has 21 heavy (non-hydrogen) atoms. The fraction of sp³-hybridized carbons (Fsp3) is 0.562. The lowest BCUT2D eigenvalue weighted by atomic mass is 10.1. The van der Waals surface area contributed by atoms with Gasteiger partial charge >= 0.3 is 0 Å². The van der Waals surface area contributed by atoms with Crippen LogP contribution in [-0.4, -0.2) is 31.5 Å². The smallest absolute Gasteiger partial charge is 0.222 e. The molecule has 0 aliphatic rings. The summed E-state index contributed by atoms with van der Waals surface area (Å²) in [7, 11) is 3.49. The Kier molecular flexibility index (Phi) is 10.7. The van der Waals surface area contributed by atoms with Crippen LogP contribution < -0.4 is 10.5 Å². The molecule has 4 nitrogen and oxygen atoms in total. The minimum atomic E-state index is 0. The summed E-state index contributed by atoms with van der Waals surface area (Å²) in [5, 5.41) is 0. The van der Waals surface area contributed by atoms with Gasteiger partial charge in [-0.2, -0.15) is 0 Å². The highest BCUT2D eigenvalue weighted by molar-refractivity contribution is 5.85. The van der Waals surface area contributed by atoms with Crippen molar-refractivity contribution in [3.8, 4) is 5.75 Å². The molecule has 120 valence electrons. The van der Waals surface area contributed by atoms with E-state index in [0.717, 1.165) is 43.5 Å². The predicted molar refractivity (Wildman–Crippen MR) is 88.9 cm³/mol. The number of para-hydroxylation sites is 1. The second-order valence-electron chi connectivity index (χ2n) is 5.01. The standard InChI is InChI=1S/C16H26N2O2.ClH/c1-18(16(19)11-5-3-4-8-12-17)13-14-9-6-7-10-15(14)20-2;/h6-7,9-10H,3-5,8,11-13,17H2,1-2H3;1H. The minimum Gasteiger partial charge on any atom is -0.496 e. The number of nitrogens with zero attached hydrogens (tertiary/aromatic N) is 1. The van der Waals surface area contributed by atoms with Crippen LogP contribution in [0, 0.1) is 0 Å². The normalized spacial score (nSPS) is 9.86. The van der Waals surface area contributed by atoms with Gasteiger partial charge in [0, 0.05) is 25.6 Å². The zero-order chi connectivity index (χ0) is 14.8. The molecule has 0 aliphatic carbocycles. The maximum absolute atomic E-state index is 12.0. The Balaban J connectivity index is 0.00000400. The molecule has 0 aliphatic heterocycles. The van der Waals surface area contributed by atoms with Crippen LogP contribution in [0.4, 0.5) is 0 Å². The van der Waals surface area contributed by atoms with E-state index in [1.54, 1.807) is 12.0 Å². The van der Waals surface area contributed by atoms with E-state index in [1.807, 2.05) is 31.3 Å². The molecule has 0 saturated carbocycles. The van der Waals surface area contributed by atoms with Gasteiger partial charge in [-0.1, -0.05) is 31.0 Å². The number of methoxy groups -OCH3 is 1. The van der Waals surface area contributed by atoms with Gasteiger partial charge in [-0.3, -0.25) is 4.79 Å². The van der Waals surface area contributed by atoms with Crippen LogP contribution in [0.5, 0.6) is 5.75 Å². The summed E-state index contributed by atoms with van der Waals surface area (Å²) in [6.07, 6.45) is 4.78. The van der Waals surface area contributed by atoms with E-state index < -0.39 is 0 Å². The van der Waals surface area contributed by atoms with Crippen LogP contribution in [0.25, 0.3) is 0 Å². The third kappa shape index (κ3) is 7.34. The fourth-order valence-electron chi connectivity index (χ4n) is 2.14. The molecule has 0 radical (unpaired) electrons. The highest BCUT2D eigenvalue weighted by Crippen LogP contribution is 2.19. The number of rotatable bonds is 9. The van der Waals surface area contributed by atoms with Crippen LogP contribution in [0.1, 0.15) is 37.7 Å². The summed E-state index contributed by atoms with van der Waals surface area (Å²) >= 11 is 0. The first kappa shape index (κ1) is 19.7. The Morgan fingerprint density at radius 2 is 1.86 bits per heavy atom. The molecule has 0 unspecified atom stereocenters. The lowest BCUT2D eigenvalue weighted by Gasteiger charge is -2.18. The Bertz CT molecular complexity index is 413. The summed E-state index contributed by atoms with van der Waals surface area (Å²) in [5.41, 5.74) is 6.48. The second kappa shape index (κ2) is 11.4. The first-order chi connectivity index (χ1) is 9.69. The number of amides is 1. The van der Waals surface area contributed by atoms with Crippen LogP contribution in [0.3, 0.4) is 0 Å². The van der Waals surface area contributed by atoms with Crippen LogP contribution in [-0.2, 0) is 11.3 Å². The number of hydrogen-bond donors (Lipinski definition) is 1. The summed E-state index contributed by atoms with van der Waals surface area (Å²) in [4.78, 5) is 13.8. The molecular weight excluding hydrogens is 288 g/mol. The molecule has 0 aromatic heterocycles. The van der Waals surface area contributed by atoms with E-state index in [9.17, 15) is 4.79 Å². The highest BCUT2D eigenvalue weighted by atomic mass is 35.5. The number of ether oxygens (including phenoxy) is 1. The number of unbranched alkanes of at least 4 members (excludes halogenated alkanes) is 3. The summed E-state index contributed by atoms with van der Waals surface area (Å²) in [5.74, 6) is 1.01. The largest absolute Gasteiger partial charge is 0.496 e. The monoisotopic (exact) mass is 314 g/mol. The van der Waals surface area contributed by atoms with Gasteiger partial charge in [0.05, 0.1) is 7.11 Å². The minimum absolute atomic E-state index is 0. The van der Waals surface area contributed by atoms with Crippen molar-refractivity contribution < 1.29 is 9.53 Å². The van der Waals surface area contributed by atoms with Crippen molar-refractivity contribution in [3.63, 3.8) is 0 Å². The molecule has 0 bridgehead atoms. The summed E-state index contributed by atoms with van der Waals surface area (Å²) in [6.45, 7) is 1.33. The predicted octanol–water partition coefficient (Wildman–Crippen LogP) is 2.98. The molecular formula is C16H27ClN2O2. The number of halogens is 1. The Hall–Kier alpha value is -1.26. The molecule has 5 heteroatoms. The maximum Gasteiger partial charge on any atom is 0.222 e.